The van der Waals surface area contributed by atoms with Crippen LogP contribution in [0.2, 0.25) is 5.02 Å². The zero-order valence-corrected chi connectivity index (χ0v) is 21.4. The number of hydrogen-bond acceptors (Lipinski definition) is 4. The molecule has 37 heavy (non-hydrogen) atoms. The summed E-state index contributed by atoms with van der Waals surface area (Å²) >= 11 is 6.45. The molecule has 2 aromatic carbocycles. The number of carbonyl (C=O) groups excluding carboxylic acids is 2. The molecule has 0 radical (unpaired) electrons. The van der Waals surface area contributed by atoms with Gasteiger partial charge in [-0.15, -0.1) is 0 Å². The normalized spacial score (nSPS) is 25.7. The average molecular weight is 523 g/mol. The number of amides is 2. The Morgan fingerprint density at radius 3 is 2.59 bits per heavy atom. The number of benzene rings is 2. The number of anilines is 1. The Hall–Kier alpha value is -3.06. The topological polar surface area (TPSA) is 87.2 Å². The Bertz CT molecular complexity index is 1240. The van der Waals surface area contributed by atoms with Crippen molar-refractivity contribution >= 4 is 35.3 Å². The molecule has 0 aromatic heterocycles. The molecule has 2 saturated carbocycles. The number of halogens is 1. The molecule has 0 spiro atoms. The van der Waals surface area contributed by atoms with E-state index in [1.54, 1.807) is 4.90 Å². The smallest absolute Gasteiger partial charge is 0.415 e. The number of carboxylic acids is 1. The second-order valence-corrected chi connectivity index (χ2v) is 11.2. The second kappa shape index (κ2) is 9.67. The molecule has 8 heteroatoms. The van der Waals surface area contributed by atoms with Gasteiger partial charge in [0.25, 0.3) is 0 Å². The standard InChI is InChI=1S/C29H31ClN2O5/c30-18-9-12-22-24(16-18)32(29(36)37-25-13-8-17-4-1-2-5-20(17)25)23-7-3-6-21(23)28(22)31(19-10-11-19)26(33)14-15-27(34)35/h1-2,4-5,9,12,16,19,21,23,25,28H,3,6-8,10-11,13-15H2,(H,34,35)/t21?,23?,25-,28?/m0/s1. The van der Waals surface area contributed by atoms with Crippen molar-refractivity contribution in [1.29, 1.82) is 0 Å². The lowest BCUT2D eigenvalue weighted by Crippen LogP contribution is -2.53. The first-order valence-electron chi connectivity index (χ1n) is 13.3. The number of hydrogen-bond donors (Lipinski definition) is 1. The highest BCUT2D eigenvalue weighted by Gasteiger charge is 2.52. The van der Waals surface area contributed by atoms with Gasteiger partial charge in [-0.05, 0) is 67.3 Å². The van der Waals surface area contributed by atoms with Gasteiger partial charge in [0.15, 0.2) is 0 Å². The van der Waals surface area contributed by atoms with Gasteiger partial charge in [0.2, 0.25) is 5.91 Å². The fourth-order valence-corrected chi connectivity index (χ4v) is 6.90. The van der Waals surface area contributed by atoms with Crippen LogP contribution in [0.25, 0.3) is 0 Å². The van der Waals surface area contributed by atoms with Crippen LogP contribution in [0.5, 0.6) is 0 Å². The van der Waals surface area contributed by atoms with Crippen LogP contribution in [0.3, 0.4) is 0 Å². The molecule has 4 aliphatic rings. The molecule has 2 amide bonds. The average Bonchev–Trinajstić information content (AvgIpc) is 3.45. The molecule has 2 fully saturated rings. The molecule has 2 aromatic rings. The molecular formula is C29H31ClN2O5. The van der Waals surface area contributed by atoms with E-state index in [1.807, 2.05) is 41.3 Å². The molecule has 7 nitrogen and oxygen atoms in total. The van der Waals surface area contributed by atoms with Gasteiger partial charge < -0.3 is 14.7 Å². The largest absolute Gasteiger partial charge is 0.481 e. The molecular weight excluding hydrogens is 492 g/mol. The van der Waals surface area contributed by atoms with Crippen molar-refractivity contribution in [3.8, 4) is 0 Å². The molecule has 0 bridgehead atoms. The number of aliphatic carboxylic acids is 1. The van der Waals surface area contributed by atoms with Gasteiger partial charge in [0, 0.05) is 29.4 Å². The number of rotatable bonds is 6. The summed E-state index contributed by atoms with van der Waals surface area (Å²) in [4.78, 5) is 42.2. The summed E-state index contributed by atoms with van der Waals surface area (Å²) in [5.41, 5.74) is 3.89. The Kier molecular flexibility index (Phi) is 6.35. The van der Waals surface area contributed by atoms with Crippen molar-refractivity contribution in [3.05, 3.63) is 64.2 Å². The monoisotopic (exact) mass is 522 g/mol. The van der Waals surface area contributed by atoms with E-state index < -0.39 is 5.97 Å². The number of aryl methyl sites for hydroxylation is 1. The highest BCUT2D eigenvalue weighted by molar-refractivity contribution is 6.31. The Balaban J connectivity index is 1.35. The first-order chi connectivity index (χ1) is 17.9. The van der Waals surface area contributed by atoms with Crippen molar-refractivity contribution in [2.24, 2.45) is 5.92 Å². The predicted octanol–water partition coefficient (Wildman–Crippen LogP) is 6.05. The predicted molar refractivity (Wildman–Crippen MR) is 139 cm³/mol. The molecule has 1 N–H and O–H groups in total. The minimum absolute atomic E-state index is 0.0184. The molecule has 194 valence electrons. The van der Waals surface area contributed by atoms with Crippen LogP contribution < -0.4 is 4.90 Å². The number of nitrogens with zero attached hydrogens (tertiary/aromatic N) is 2. The van der Waals surface area contributed by atoms with Gasteiger partial charge in [-0.2, -0.15) is 0 Å². The maximum atomic E-state index is 13.8. The third-order valence-electron chi connectivity index (χ3n) is 8.44. The first-order valence-corrected chi connectivity index (χ1v) is 13.7. The molecule has 3 aliphatic carbocycles. The van der Waals surface area contributed by atoms with Crippen molar-refractivity contribution in [2.45, 2.75) is 82.0 Å². The van der Waals surface area contributed by atoms with E-state index in [0.29, 0.717) is 10.7 Å². The van der Waals surface area contributed by atoms with Crippen LogP contribution in [0, 0.1) is 5.92 Å². The zero-order valence-electron chi connectivity index (χ0n) is 20.6. The van der Waals surface area contributed by atoms with Crippen molar-refractivity contribution in [3.63, 3.8) is 0 Å². The third-order valence-corrected chi connectivity index (χ3v) is 8.67. The van der Waals surface area contributed by atoms with Crippen LogP contribution in [0.1, 0.15) is 80.2 Å². The highest BCUT2D eigenvalue weighted by atomic mass is 35.5. The Labute approximate surface area is 221 Å². The fraction of sp³-hybridized carbons (Fsp3) is 0.483. The van der Waals surface area contributed by atoms with E-state index in [1.165, 1.54) is 5.56 Å². The van der Waals surface area contributed by atoms with Gasteiger partial charge in [-0.25, -0.2) is 4.79 Å². The minimum atomic E-state index is -0.971. The van der Waals surface area contributed by atoms with E-state index in [2.05, 4.69) is 6.07 Å². The van der Waals surface area contributed by atoms with E-state index in [0.717, 1.165) is 56.1 Å². The van der Waals surface area contributed by atoms with Crippen LogP contribution in [-0.4, -0.2) is 40.1 Å². The number of carbonyl (C=O) groups is 3. The molecule has 6 rings (SSSR count). The van der Waals surface area contributed by atoms with Gasteiger partial charge in [-0.1, -0.05) is 48.4 Å². The quantitative estimate of drug-likeness (QED) is 0.499. The summed E-state index contributed by atoms with van der Waals surface area (Å²) in [7, 11) is 0. The van der Waals surface area contributed by atoms with Crippen molar-refractivity contribution in [1.82, 2.24) is 4.90 Å². The van der Waals surface area contributed by atoms with Crippen LogP contribution in [0.15, 0.2) is 42.5 Å². The van der Waals surface area contributed by atoms with E-state index in [-0.39, 0.29) is 55.0 Å². The van der Waals surface area contributed by atoms with Gasteiger partial charge >= 0.3 is 12.1 Å². The fourth-order valence-electron chi connectivity index (χ4n) is 6.73. The summed E-state index contributed by atoms with van der Waals surface area (Å²) in [6.45, 7) is 0. The van der Waals surface area contributed by atoms with Gasteiger partial charge in [-0.3, -0.25) is 14.5 Å². The number of ether oxygens (including phenoxy) is 1. The van der Waals surface area contributed by atoms with Crippen LogP contribution in [-0.2, 0) is 20.7 Å². The minimum Gasteiger partial charge on any atom is -0.481 e. The van der Waals surface area contributed by atoms with Crippen molar-refractivity contribution < 1.29 is 24.2 Å². The van der Waals surface area contributed by atoms with Crippen molar-refractivity contribution in [2.75, 3.05) is 4.90 Å². The van der Waals surface area contributed by atoms with Crippen LogP contribution in [0.4, 0.5) is 10.5 Å². The number of fused-ring (bicyclic) bond motifs is 3. The van der Waals surface area contributed by atoms with E-state index in [4.69, 9.17) is 16.3 Å². The lowest BCUT2D eigenvalue weighted by Gasteiger charge is -2.47. The molecule has 3 unspecified atom stereocenters. The summed E-state index contributed by atoms with van der Waals surface area (Å²) in [6.07, 6.45) is 5.32. The third kappa shape index (κ3) is 4.48. The van der Waals surface area contributed by atoms with Gasteiger partial charge in [0.05, 0.1) is 18.2 Å². The maximum absolute atomic E-state index is 13.8. The van der Waals surface area contributed by atoms with Gasteiger partial charge in [0.1, 0.15) is 6.10 Å². The zero-order chi connectivity index (χ0) is 25.7. The molecule has 1 heterocycles. The second-order valence-electron chi connectivity index (χ2n) is 10.7. The Morgan fingerprint density at radius 1 is 1.00 bits per heavy atom. The molecule has 1 aliphatic heterocycles. The highest BCUT2D eigenvalue weighted by Crippen LogP contribution is 2.53. The lowest BCUT2D eigenvalue weighted by molar-refractivity contribution is -0.142. The summed E-state index contributed by atoms with van der Waals surface area (Å²) < 4.78 is 6.15. The van der Waals surface area contributed by atoms with E-state index in [9.17, 15) is 19.5 Å². The Morgan fingerprint density at radius 2 is 1.81 bits per heavy atom. The summed E-state index contributed by atoms with van der Waals surface area (Å²) in [6, 6.07) is 13.5. The summed E-state index contributed by atoms with van der Waals surface area (Å²) in [5.74, 6) is -1.03. The maximum Gasteiger partial charge on any atom is 0.415 e. The molecule has 4 atom stereocenters. The first kappa shape index (κ1) is 24.3. The number of carboxylic acid groups (broad SMARTS) is 1. The van der Waals surface area contributed by atoms with E-state index >= 15 is 0 Å². The SMILES string of the molecule is O=C(O)CCC(=O)N(C1CC1)C1c2ccc(Cl)cc2N(C(=O)O[C@H]2CCc3ccccc32)C2CCCC21. The molecule has 0 saturated heterocycles. The van der Waals surface area contributed by atoms with Crippen LogP contribution >= 0.6 is 11.6 Å². The summed E-state index contributed by atoms with van der Waals surface area (Å²) in [5, 5.41) is 9.70. The lowest BCUT2D eigenvalue weighted by atomic mass is 9.81.